The van der Waals surface area contributed by atoms with Crippen LogP contribution in [0.1, 0.15) is 16.0 Å². The zero-order valence-electron chi connectivity index (χ0n) is 5.33. The van der Waals surface area contributed by atoms with Crippen molar-refractivity contribution >= 4 is 0 Å². The lowest BCUT2D eigenvalue weighted by atomic mass is 10.5. The molecule has 3 heteroatoms. The molecule has 0 amide bonds. The molecule has 0 aromatic carbocycles. The number of hydrogen-bond donors (Lipinski definition) is 0. The van der Waals surface area contributed by atoms with E-state index in [1.807, 2.05) is 0 Å². The van der Waals surface area contributed by atoms with Gasteiger partial charge in [-0.05, 0) is 5.53 Å². The number of rotatable bonds is 2. The van der Waals surface area contributed by atoms with Crippen LogP contribution in [0.15, 0.2) is 5.11 Å². The zero-order valence-corrected chi connectivity index (χ0v) is 3.33. The maximum Gasteiger partial charge on any atom is 0.0265 e. The highest BCUT2D eigenvalue weighted by Crippen LogP contribution is 1.74. The minimum Gasteiger partial charge on any atom is -0.0940 e. The molecule has 1 atom stereocenters. The van der Waals surface area contributed by atoms with Gasteiger partial charge in [0.1, 0.15) is 0 Å². The Morgan fingerprint density at radius 1 is 2.33 bits per heavy atom. The van der Waals surface area contributed by atoms with Gasteiger partial charge in [0, 0.05) is 14.2 Å². The first-order chi connectivity index (χ1) is 3.81. The van der Waals surface area contributed by atoms with Gasteiger partial charge in [0.25, 0.3) is 0 Å². The molecule has 0 aliphatic heterocycles. The minimum absolute atomic E-state index is 0.000972. The Morgan fingerprint density at radius 3 is 3.67 bits per heavy atom. The van der Waals surface area contributed by atoms with Gasteiger partial charge in [-0.1, -0.05) is 18.4 Å². The van der Waals surface area contributed by atoms with Crippen molar-refractivity contribution in [1.82, 2.24) is 0 Å². The molecule has 0 unspecified atom stereocenters. The van der Waals surface area contributed by atoms with Crippen molar-refractivity contribution in [1.29, 1.82) is 0 Å². The van der Waals surface area contributed by atoms with E-state index in [2.05, 4.69) is 10.0 Å². The van der Waals surface area contributed by atoms with Gasteiger partial charge in [-0.15, -0.1) is 0 Å². The van der Waals surface area contributed by atoms with E-state index < -0.39 is 6.40 Å². The molecule has 0 aromatic heterocycles. The Labute approximate surface area is 39.4 Å². The molecule has 3 nitrogen and oxygen atoms in total. The van der Waals surface area contributed by atoms with Crippen molar-refractivity contribution in [3.8, 4) is 0 Å². The highest BCUT2D eigenvalue weighted by Gasteiger charge is 1.65. The van der Waals surface area contributed by atoms with Gasteiger partial charge in [-0.2, -0.15) is 0 Å². The van der Waals surface area contributed by atoms with E-state index in [0.717, 1.165) is 0 Å². The second-order valence-corrected chi connectivity index (χ2v) is 0.702. The molecular formula is C3H7N3. The van der Waals surface area contributed by atoms with Crippen LogP contribution in [-0.4, -0.2) is 6.54 Å². The Balaban J connectivity index is 3.23. The van der Waals surface area contributed by atoms with Crippen molar-refractivity contribution in [2.24, 2.45) is 5.11 Å². The zero-order chi connectivity index (χ0) is 6.41. The molecule has 6 heavy (non-hydrogen) atoms. The summed E-state index contributed by atoms with van der Waals surface area (Å²) in [7, 11) is 0. The summed E-state index contributed by atoms with van der Waals surface area (Å²) >= 11 is 0. The average molecular weight is 87.1 g/mol. The molecule has 0 heterocycles. The van der Waals surface area contributed by atoms with Crippen LogP contribution in [0.3, 0.4) is 0 Å². The van der Waals surface area contributed by atoms with Gasteiger partial charge < -0.3 is 0 Å². The van der Waals surface area contributed by atoms with Crippen LogP contribution in [0.2, 0.25) is 0 Å². The first kappa shape index (κ1) is 2.48. The van der Waals surface area contributed by atoms with Crippen LogP contribution in [0, 0.1) is 0 Å². The van der Waals surface area contributed by atoms with Gasteiger partial charge in [0.2, 0.25) is 0 Å². The van der Waals surface area contributed by atoms with Crippen molar-refractivity contribution in [2.75, 3.05) is 6.54 Å². The first-order valence-corrected chi connectivity index (χ1v) is 1.53. The van der Waals surface area contributed by atoms with Crippen LogP contribution in [0.5, 0.6) is 0 Å². The Bertz CT molecular complexity index is 98.7. The van der Waals surface area contributed by atoms with Gasteiger partial charge in [-0.25, -0.2) is 0 Å². The quantitative estimate of drug-likeness (QED) is 0.279. The van der Waals surface area contributed by atoms with Crippen LogP contribution in [0.4, 0.5) is 0 Å². The van der Waals surface area contributed by atoms with E-state index in [1.54, 1.807) is 0 Å². The standard InChI is InChI=1S/C3H7N3/c1-2-3-5-6-4/h2-3H2,1H3/i1D,2D/t2-/m1/s1. The van der Waals surface area contributed by atoms with Crippen LogP contribution < -0.4 is 0 Å². The predicted molar refractivity (Wildman–Crippen MR) is 24.3 cm³/mol. The van der Waals surface area contributed by atoms with Crippen LogP contribution in [-0.2, 0) is 0 Å². The Kier molecular flexibility index (Phi) is 1.78. The molecule has 0 aliphatic rings. The highest BCUT2D eigenvalue weighted by molar-refractivity contribution is 4.40. The monoisotopic (exact) mass is 87.1 g/mol. The topological polar surface area (TPSA) is 48.8 Å². The summed E-state index contributed by atoms with van der Waals surface area (Å²) in [6, 6.07) is 0. The summed E-state index contributed by atoms with van der Waals surface area (Å²) in [5.74, 6) is 0. The molecule has 0 saturated heterocycles. The SMILES string of the molecule is [2H]C[C@@H]([2H])CN=[N+]=[N-]. The molecule has 0 spiro atoms. The van der Waals surface area contributed by atoms with Crippen LogP contribution in [0.25, 0.3) is 10.4 Å². The van der Waals surface area contributed by atoms with Crippen molar-refractivity contribution in [3.05, 3.63) is 10.4 Å². The largest absolute Gasteiger partial charge is 0.0940 e. The molecule has 0 rings (SSSR count). The summed E-state index contributed by atoms with van der Waals surface area (Å²) in [5.41, 5.74) is 7.72. The summed E-state index contributed by atoms with van der Waals surface area (Å²) in [6.07, 6.45) is -0.550. The van der Waals surface area contributed by atoms with Gasteiger partial charge >= 0.3 is 0 Å². The summed E-state index contributed by atoms with van der Waals surface area (Å²) in [5, 5.41) is 3.12. The normalized spacial score (nSPS) is 16.7. The lowest BCUT2D eigenvalue weighted by Crippen LogP contribution is -1.65. The van der Waals surface area contributed by atoms with E-state index in [0.29, 0.717) is 0 Å². The smallest absolute Gasteiger partial charge is 0.0265 e. The summed E-state index contributed by atoms with van der Waals surface area (Å²) in [4.78, 5) is 2.45. The Morgan fingerprint density at radius 2 is 3.17 bits per heavy atom. The maximum atomic E-state index is 7.72. The molecule has 0 radical (unpaired) electrons. The number of nitrogens with zero attached hydrogens (tertiary/aromatic N) is 3. The third-order valence-corrected chi connectivity index (χ3v) is 0.274. The molecule has 0 N–H and O–H groups in total. The third-order valence-electron chi connectivity index (χ3n) is 0.274. The van der Waals surface area contributed by atoms with E-state index >= 15 is 0 Å². The lowest BCUT2D eigenvalue weighted by Gasteiger charge is -1.71. The number of hydrogen-bond acceptors (Lipinski definition) is 1. The molecule has 0 bridgehead atoms. The summed E-state index contributed by atoms with van der Waals surface area (Å²) in [6.45, 7) is 0.110. The molecule has 0 aromatic rings. The fourth-order valence-electron chi connectivity index (χ4n) is 0.0942. The van der Waals surface area contributed by atoms with Crippen LogP contribution >= 0.6 is 0 Å². The van der Waals surface area contributed by atoms with Gasteiger partial charge in [-0.3, -0.25) is 0 Å². The number of azide groups is 1. The van der Waals surface area contributed by atoms with Gasteiger partial charge in [0.05, 0.1) is 0 Å². The fraction of sp³-hybridized carbons (Fsp3) is 1.00. The van der Waals surface area contributed by atoms with Crippen molar-refractivity contribution < 1.29 is 2.74 Å². The molecule has 0 saturated carbocycles. The Hall–Kier alpha value is -0.690. The lowest BCUT2D eigenvalue weighted by molar-refractivity contribution is 0.922. The molecular weight excluding hydrogens is 78.1 g/mol. The van der Waals surface area contributed by atoms with E-state index in [9.17, 15) is 0 Å². The second-order valence-electron chi connectivity index (χ2n) is 0.702. The minimum atomic E-state index is -0.550. The maximum absolute atomic E-state index is 7.72. The molecule has 34 valence electrons. The average Bonchev–Trinajstić information content (AvgIpc) is 1.83. The molecule has 0 fully saturated rings. The van der Waals surface area contributed by atoms with Crippen molar-refractivity contribution in [3.63, 3.8) is 0 Å². The predicted octanol–water partition coefficient (Wildman–Crippen LogP) is 1.71. The van der Waals surface area contributed by atoms with E-state index in [-0.39, 0.29) is 13.4 Å². The third kappa shape index (κ3) is 3.31. The molecule has 0 aliphatic carbocycles. The fourth-order valence-corrected chi connectivity index (χ4v) is 0.0942. The first-order valence-electron chi connectivity index (χ1n) is 2.82. The highest BCUT2D eigenvalue weighted by atomic mass is 15.1. The van der Waals surface area contributed by atoms with Gasteiger partial charge in [0.15, 0.2) is 0 Å². The second kappa shape index (κ2) is 4.31. The van der Waals surface area contributed by atoms with Crippen molar-refractivity contribution in [2.45, 2.75) is 13.3 Å². The summed E-state index contributed by atoms with van der Waals surface area (Å²) < 4.78 is 13.5. The van der Waals surface area contributed by atoms with E-state index in [4.69, 9.17) is 8.27 Å². The van der Waals surface area contributed by atoms with E-state index in [1.165, 1.54) is 0 Å².